The van der Waals surface area contributed by atoms with Crippen LogP contribution < -0.4 is 5.32 Å². The van der Waals surface area contributed by atoms with Gasteiger partial charge in [0, 0.05) is 19.5 Å². The normalized spacial score (nSPS) is 22.3. The van der Waals surface area contributed by atoms with E-state index in [0.29, 0.717) is 17.0 Å². The summed E-state index contributed by atoms with van der Waals surface area (Å²) in [5.41, 5.74) is 2.82. The number of hydrogen-bond acceptors (Lipinski definition) is 9. The highest BCUT2D eigenvalue weighted by atomic mass is 16.6. The van der Waals surface area contributed by atoms with Crippen molar-refractivity contribution in [1.82, 2.24) is 19.5 Å². The Morgan fingerprint density at radius 3 is 2.53 bits per heavy atom. The first-order valence-corrected chi connectivity index (χ1v) is 9.85. The van der Waals surface area contributed by atoms with E-state index in [1.54, 1.807) is 4.57 Å². The Morgan fingerprint density at radius 2 is 1.84 bits per heavy atom. The summed E-state index contributed by atoms with van der Waals surface area (Å²) in [6.07, 6.45) is 4.67. The Morgan fingerprint density at radius 1 is 1.12 bits per heavy atom. The molecule has 4 atom stereocenters. The minimum Gasteiger partial charge on any atom is -0.455 e. The molecule has 0 amide bonds. The number of rotatable bonds is 5. The number of aryl methyl sites for hydroxylation is 1. The van der Waals surface area contributed by atoms with Crippen LogP contribution in [-0.2, 0) is 23.8 Å². The molecule has 164 valence electrons. The molecule has 10 heteroatoms. The molecule has 4 unspecified atom stereocenters. The lowest BCUT2D eigenvalue weighted by Crippen LogP contribution is -2.38. The van der Waals surface area contributed by atoms with Crippen LogP contribution in [0.2, 0.25) is 0 Å². The number of ether oxygens (including phenoxy) is 3. The van der Waals surface area contributed by atoms with Gasteiger partial charge in [-0.1, -0.05) is 24.1 Å². The maximum absolute atomic E-state index is 11.8. The molecule has 0 aliphatic carbocycles. The summed E-state index contributed by atoms with van der Waals surface area (Å²) < 4.78 is 18.3. The van der Waals surface area contributed by atoms with E-state index in [4.69, 9.17) is 20.6 Å². The molecule has 3 heterocycles. The molecule has 1 N–H and O–H groups in total. The molecule has 2 aromatic heterocycles. The highest BCUT2D eigenvalue weighted by molar-refractivity contribution is 5.85. The van der Waals surface area contributed by atoms with Gasteiger partial charge in [-0.15, -0.1) is 6.42 Å². The predicted octanol–water partition coefficient (Wildman–Crippen LogP) is 2.27. The number of nitrogens with one attached hydrogen (secondary N) is 1. The second-order valence-electron chi connectivity index (χ2n) is 7.25. The third-order valence-electron chi connectivity index (χ3n) is 4.99. The lowest BCUT2D eigenvalue weighted by Gasteiger charge is -2.23. The van der Waals surface area contributed by atoms with Crippen LogP contribution in [0.4, 0.5) is 11.5 Å². The minimum atomic E-state index is -0.988. The number of fused-ring (bicyclic) bond motifs is 1. The van der Waals surface area contributed by atoms with Crippen molar-refractivity contribution in [2.75, 3.05) is 5.32 Å². The maximum Gasteiger partial charge on any atom is 0.303 e. The summed E-state index contributed by atoms with van der Waals surface area (Å²) >= 11 is 0. The molecular formula is C22H21N5O5. The number of carbonyl (C=O) groups is 2. The molecular weight excluding hydrogens is 414 g/mol. The van der Waals surface area contributed by atoms with Crippen LogP contribution in [-0.4, -0.2) is 49.8 Å². The van der Waals surface area contributed by atoms with E-state index in [2.05, 4.69) is 26.2 Å². The van der Waals surface area contributed by atoms with Crippen molar-refractivity contribution in [2.45, 2.75) is 45.3 Å². The monoisotopic (exact) mass is 435 g/mol. The van der Waals surface area contributed by atoms with Crippen molar-refractivity contribution >= 4 is 34.6 Å². The van der Waals surface area contributed by atoms with Crippen LogP contribution in [0.25, 0.3) is 11.2 Å². The zero-order valence-corrected chi connectivity index (χ0v) is 17.7. The minimum absolute atomic E-state index is 0.428. The van der Waals surface area contributed by atoms with Gasteiger partial charge in [0.25, 0.3) is 0 Å². The maximum atomic E-state index is 11.8. The third-order valence-corrected chi connectivity index (χ3v) is 4.99. The molecule has 1 fully saturated rings. The van der Waals surface area contributed by atoms with E-state index in [-0.39, 0.29) is 0 Å². The molecule has 0 radical (unpaired) electrons. The van der Waals surface area contributed by atoms with Crippen molar-refractivity contribution in [3.63, 3.8) is 0 Å². The molecule has 0 spiro atoms. The van der Waals surface area contributed by atoms with Crippen molar-refractivity contribution in [3.8, 4) is 12.3 Å². The zero-order valence-electron chi connectivity index (χ0n) is 17.7. The lowest BCUT2D eigenvalue weighted by atomic mass is 10.1. The lowest BCUT2D eigenvalue weighted by molar-refractivity contribution is -0.165. The van der Waals surface area contributed by atoms with Crippen molar-refractivity contribution in [2.24, 2.45) is 0 Å². The second-order valence-corrected chi connectivity index (χ2v) is 7.25. The summed E-state index contributed by atoms with van der Waals surface area (Å²) in [5, 5.41) is 3.26. The number of carbonyl (C=O) groups excluding carboxylic acids is 2. The number of imidazole rings is 1. The van der Waals surface area contributed by atoms with Gasteiger partial charge >= 0.3 is 11.9 Å². The molecule has 1 aliphatic rings. The van der Waals surface area contributed by atoms with Crippen molar-refractivity contribution in [1.29, 1.82) is 0 Å². The largest absolute Gasteiger partial charge is 0.455 e. The molecule has 1 aromatic carbocycles. The third kappa shape index (κ3) is 3.98. The molecule has 10 nitrogen and oxygen atoms in total. The fourth-order valence-electron chi connectivity index (χ4n) is 3.61. The number of benzene rings is 1. The van der Waals surface area contributed by atoms with Crippen molar-refractivity contribution in [3.05, 3.63) is 42.5 Å². The first kappa shape index (κ1) is 21.3. The van der Waals surface area contributed by atoms with Gasteiger partial charge < -0.3 is 19.5 Å². The second kappa shape index (κ2) is 8.64. The van der Waals surface area contributed by atoms with Crippen LogP contribution in [0.3, 0.4) is 0 Å². The van der Waals surface area contributed by atoms with Crippen LogP contribution in [0.15, 0.2) is 36.9 Å². The number of para-hydroxylation sites is 1. The zero-order chi connectivity index (χ0) is 22.8. The van der Waals surface area contributed by atoms with Gasteiger partial charge in [-0.2, -0.15) is 0 Å². The Hall–Kier alpha value is -3.97. The number of hydrogen-bond donors (Lipinski definition) is 1. The average molecular weight is 435 g/mol. The van der Waals surface area contributed by atoms with Crippen LogP contribution >= 0.6 is 0 Å². The molecule has 3 aromatic rings. The molecule has 4 rings (SSSR count). The molecule has 0 bridgehead atoms. The number of aromatic nitrogens is 4. The standard InChI is InChI=1S/C22H21N5O5/c1-5-16-18(30-13(3)28)19(31-14(4)29)22(32-16)27-11-25-17-20(23-10-24-21(17)27)26-15-9-7-6-8-12(15)2/h1,6-11,16,18-19,22H,2-4H3,(H,23,24,26). The van der Waals surface area contributed by atoms with Crippen LogP contribution in [0.5, 0.6) is 0 Å². The first-order chi connectivity index (χ1) is 15.4. The SMILES string of the molecule is C#CC1OC(n2cnc3c(Nc4ccccc4C)ncnc32)C(OC(C)=O)C1OC(C)=O. The van der Waals surface area contributed by atoms with Crippen LogP contribution in [0, 0.1) is 19.3 Å². The fourth-order valence-corrected chi connectivity index (χ4v) is 3.61. The van der Waals surface area contributed by atoms with E-state index < -0.39 is 36.5 Å². The molecule has 32 heavy (non-hydrogen) atoms. The molecule has 0 saturated carbocycles. The van der Waals surface area contributed by atoms with Gasteiger partial charge in [0.1, 0.15) is 6.33 Å². The Kier molecular flexibility index (Phi) is 5.75. The van der Waals surface area contributed by atoms with Gasteiger partial charge in [-0.25, -0.2) is 15.0 Å². The van der Waals surface area contributed by atoms with Gasteiger partial charge in [-0.3, -0.25) is 14.2 Å². The van der Waals surface area contributed by atoms with E-state index >= 15 is 0 Å². The number of nitrogens with zero attached hydrogens (tertiary/aromatic N) is 4. The summed E-state index contributed by atoms with van der Waals surface area (Å²) in [7, 11) is 0. The quantitative estimate of drug-likeness (QED) is 0.476. The Labute approximate surface area is 183 Å². The fraction of sp³-hybridized carbons (Fsp3) is 0.318. The van der Waals surface area contributed by atoms with Gasteiger partial charge in [0.05, 0.1) is 6.33 Å². The highest BCUT2D eigenvalue weighted by Crippen LogP contribution is 2.36. The van der Waals surface area contributed by atoms with Crippen molar-refractivity contribution < 1.29 is 23.8 Å². The van der Waals surface area contributed by atoms with E-state index in [1.807, 2.05) is 31.2 Å². The van der Waals surface area contributed by atoms with Gasteiger partial charge in [-0.05, 0) is 18.6 Å². The Bertz CT molecular complexity index is 1220. The van der Waals surface area contributed by atoms with Crippen LogP contribution in [0.1, 0.15) is 25.6 Å². The number of terminal acetylenes is 1. The number of anilines is 2. The average Bonchev–Trinajstić information content (AvgIpc) is 3.31. The predicted molar refractivity (Wildman–Crippen MR) is 114 cm³/mol. The smallest absolute Gasteiger partial charge is 0.303 e. The summed E-state index contributed by atoms with van der Waals surface area (Å²) in [6.45, 7) is 4.48. The molecule has 1 aliphatic heterocycles. The van der Waals surface area contributed by atoms with E-state index in [9.17, 15) is 9.59 Å². The molecule has 1 saturated heterocycles. The Balaban J connectivity index is 1.74. The summed E-state index contributed by atoms with van der Waals surface area (Å²) in [4.78, 5) is 36.4. The summed E-state index contributed by atoms with van der Waals surface area (Å²) in [6, 6.07) is 7.76. The number of esters is 2. The first-order valence-electron chi connectivity index (χ1n) is 9.85. The summed E-state index contributed by atoms with van der Waals surface area (Å²) in [5.74, 6) is 1.80. The van der Waals surface area contributed by atoms with Gasteiger partial charge in [0.2, 0.25) is 0 Å². The van der Waals surface area contributed by atoms with E-state index in [1.165, 1.54) is 26.5 Å². The van der Waals surface area contributed by atoms with Gasteiger partial charge in [0.15, 0.2) is 41.5 Å². The topological polar surface area (TPSA) is 117 Å². The van der Waals surface area contributed by atoms with E-state index in [0.717, 1.165) is 11.3 Å². The highest BCUT2D eigenvalue weighted by Gasteiger charge is 2.50.